The lowest BCUT2D eigenvalue weighted by atomic mass is 10.0. The average molecular weight is 263 g/mol. The molecule has 0 radical (unpaired) electrons. The molecule has 0 spiro atoms. The Balaban J connectivity index is 2.12. The number of nitrogens with two attached hydrogens (primary N) is 1. The van der Waals surface area contributed by atoms with Crippen molar-refractivity contribution in [2.24, 2.45) is 5.73 Å². The van der Waals surface area contributed by atoms with Crippen molar-refractivity contribution in [2.75, 3.05) is 33.2 Å². The summed E-state index contributed by atoms with van der Waals surface area (Å²) in [6.07, 6.45) is 0.767. The molecule has 1 aliphatic rings. The molecule has 1 atom stereocenters. The summed E-state index contributed by atoms with van der Waals surface area (Å²) in [5.41, 5.74) is 7.07. The first-order valence-electron chi connectivity index (χ1n) is 6.42. The maximum Gasteiger partial charge on any atom is 0.0746 e. The van der Waals surface area contributed by atoms with E-state index in [0.717, 1.165) is 32.6 Å². The average Bonchev–Trinajstić information content (AvgIpc) is 2.38. The second-order valence-electron chi connectivity index (χ2n) is 4.94. The van der Waals surface area contributed by atoms with E-state index in [1.54, 1.807) is 0 Å². The number of benzene rings is 1. The first-order chi connectivity index (χ1) is 8.66. The van der Waals surface area contributed by atoms with Gasteiger partial charge in [-0.25, -0.2) is 0 Å². The Morgan fingerprint density at radius 3 is 2.39 bits per heavy atom. The van der Waals surface area contributed by atoms with Crippen LogP contribution in [0, 0.1) is 0 Å². The number of piperazine rings is 1. The monoisotopic (exact) mass is 263 g/mol. The molecule has 0 aliphatic carbocycles. The van der Waals surface area contributed by atoms with Crippen molar-refractivity contribution in [1.29, 1.82) is 0 Å². The van der Waals surface area contributed by atoms with Crippen LogP contribution in [0.25, 0.3) is 0 Å². The van der Waals surface area contributed by atoms with Crippen LogP contribution in [0.3, 0.4) is 0 Å². The quantitative estimate of drug-likeness (QED) is 0.837. The first kappa shape index (κ1) is 13.5. The predicted octanol–water partition coefficient (Wildman–Crippen LogP) is 1.65. The molecular weight excluding hydrogens is 242 g/mol. The number of rotatable bonds is 4. The lowest BCUT2D eigenvalue weighted by Crippen LogP contribution is -2.46. The summed E-state index contributed by atoms with van der Waals surface area (Å²) < 4.78 is 0. The molecule has 1 unspecified atom stereocenters. The maximum atomic E-state index is 5.76. The Kier molecular flexibility index (Phi) is 4.69. The summed E-state index contributed by atoms with van der Waals surface area (Å²) in [5, 5.41) is 0. The molecule has 1 aromatic rings. The minimum Gasteiger partial charge on any atom is -0.393 e. The Labute approximate surface area is 115 Å². The molecule has 0 bridgehead atoms. The van der Waals surface area contributed by atoms with Gasteiger partial charge in [-0.2, -0.15) is 0 Å². The highest BCUT2D eigenvalue weighted by atomic mass is 32.1. The molecule has 0 amide bonds. The second-order valence-corrected chi connectivity index (χ2v) is 5.46. The molecule has 3 nitrogen and oxygen atoms in total. The number of hydrogen-bond acceptors (Lipinski definition) is 3. The molecular formula is C14H21N3S. The van der Waals surface area contributed by atoms with E-state index in [-0.39, 0.29) is 0 Å². The Bertz CT molecular complexity index is 385. The summed E-state index contributed by atoms with van der Waals surface area (Å²) >= 11 is 5.10. The van der Waals surface area contributed by atoms with Gasteiger partial charge < -0.3 is 10.6 Å². The highest BCUT2D eigenvalue weighted by Gasteiger charge is 2.24. The van der Waals surface area contributed by atoms with Crippen molar-refractivity contribution in [1.82, 2.24) is 9.80 Å². The van der Waals surface area contributed by atoms with Gasteiger partial charge in [0.1, 0.15) is 0 Å². The molecule has 98 valence electrons. The van der Waals surface area contributed by atoms with E-state index in [4.69, 9.17) is 18.0 Å². The van der Waals surface area contributed by atoms with Gasteiger partial charge in [-0.1, -0.05) is 42.5 Å². The molecule has 2 N–H and O–H groups in total. The summed E-state index contributed by atoms with van der Waals surface area (Å²) in [5.74, 6) is 0. The molecule has 2 rings (SSSR count). The molecule has 1 fully saturated rings. The molecule has 0 aromatic heterocycles. The normalized spacial score (nSPS) is 19.6. The molecule has 1 aliphatic heterocycles. The van der Waals surface area contributed by atoms with E-state index in [0.29, 0.717) is 11.0 Å². The minimum atomic E-state index is 0.331. The van der Waals surface area contributed by atoms with Gasteiger partial charge in [0.25, 0.3) is 0 Å². The topological polar surface area (TPSA) is 32.5 Å². The van der Waals surface area contributed by atoms with Gasteiger partial charge in [-0.05, 0) is 12.6 Å². The van der Waals surface area contributed by atoms with Gasteiger partial charge >= 0.3 is 0 Å². The highest BCUT2D eigenvalue weighted by molar-refractivity contribution is 7.80. The zero-order valence-corrected chi connectivity index (χ0v) is 11.7. The van der Waals surface area contributed by atoms with Crippen molar-refractivity contribution in [3.63, 3.8) is 0 Å². The fourth-order valence-electron chi connectivity index (χ4n) is 2.46. The van der Waals surface area contributed by atoms with Crippen LogP contribution < -0.4 is 5.73 Å². The summed E-state index contributed by atoms with van der Waals surface area (Å²) in [6.45, 7) is 4.39. The molecule has 0 saturated carbocycles. The van der Waals surface area contributed by atoms with E-state index in [1.807, 2.05) is 6.07 Å². The van der Waals surface area contributed by atoms with Crippen LogP contribution in [0.1, 0.15) is 18.0 Å². The molecule has 18 heavy (non-hydrogen) atoms. The molecule has 1 saturated heterocycles. The number of hydrogen-bond donors (Lipinski definition) is 1. The van der Waals surface area contributed by atoms with Crippen LogP contribution in [0.4, 0.5) is 0 Å². The van der Waals surface area contributed by atoms with E-state index < -0.39 is 0 Å². The van der Waals surface area contributed by atoms with Crippen molar-refractivity contribution in [3.05, 3.63) is 35.9 Å². The first-order valence-corrected chi connectivity index (χ1v) is 6.83. The fourth-order valence-corrected chi connectivity index (χ4v) is 2.61. The SMILES string of the molecule is CN1CCN(C(CC(N)=S)c2ccccc2)CC1. The summed E-state index contributed by atoms with van der Waals surface area (Å²) in [4.78, 5) is 5.45. The van der Waals surface area contributed by atoms with Crippen molar-refractivity contribution in [2.45, 2.75) is 12.5 Å². The van der Waals surface area contributed by atoms with Crippen LogP contribution in [0.15, 0.2) is 30.3 Å². The molecule has 4 heteroatoms. The summed E-state index contributed by atoms with van der Waals surface area (Å²) in [7, 11) is 2.17. The van der Waals surface area contributed by atoms with Crippen molar-refractivity contribution >= 4 is 17.2 Å². The van der Waals surface area contributed by atoms with Gasteiger partial charge in [0.05, 0.1) is 4.99 Å². The fraction of sp³-hybridized carbons (Fsp3) is 0.500. The third-order valence-electron chi connectivity index (χ3n) is 3.56. The standard InChI is InChI=1S/C14H21N3S/c1-16-7-9-17(10-8-16)13(11-14(15)18)12-5-3-2-4-6-12/h2-6,13H,7-11H2,1H3,(H2,15,18). The smallest absolute Gasteiger partial charge is 0.0746 e. The van der Waals surface area contributed by atoms with E-state index >= 15 is 0 Å². The van der Waals surface area contributed by atoms with Gasteiger partial charge in [0.2, 0.25) is 0 Å². The highest BCUT2D eigenvalue weighted by Crippen LogP contribution is 2.25. The Morgan fingerprint density at radius 1 is 1.22 bits per heavy atom. The van der Waals surface area contributed by atoms with Crippen LogP contribution in [0.2, 0.25) is 0 Å². The lowest BCUT2D eigenvalue weighted by molar-refractivity contribution is 0.114. The zero-order valence-electron chi connectivity index (χ0n) is 10.9. The number of nitrogens with zero attached hydrogens (tertiary/aromatic N) is 2. The van der Waals surface area contributed by atoms with Crippen molar-refractivity contribution in [3.8, 4) is 0 Å². The van der Waals surface area contributed by atoms with Gasteiger partial charge in [0, 0.05) is 38.6 Å². The van der Waals surface area contributed by atoms with Crippen LogP contribution >= 0.6 is 12.2 Å². The van der Waals surface area contributed by atoms with Crippen LogP contribution in [-0.2, 0) is 0 Å². The van der Waals surface area contributed by atoms with Gasteiger partial charge in [0.15, 0.2) is 0 Å². The van der Waals surface area contributed by atoms with E-state index in [1.165, 1.54) is 5.56 Å². The third-order valence-corrected chi connectivity index (χ3v) is 3.72. The number of likely N-dealkylation sites (N-methyl/N-ethyl adjacent to an activating group) is 1. The van der Waals surface area contributed by atoms with Gasteiger partial charge in [-0.15, -0.1) is 0 Å². The minimum absolute atomic E-state index is 0.331. The molecule has 1 heterocycles. The van der Waals surface area contributed by atoms with Crippen LogP contribution in [0.5, 0.6) is 0 Å². The zero-order chi connectivity index (χ0) is 13.0. The van der Waals surface area contributed by atoms with E-state index in [2.05, 4.69) is 41.1 Å². The number of thiocarbonyl (C=S) groups is 1. The largest absolute Gasteiger partial charge is 0.393 e. The summed E-state index contributed by atoms with van der Waals surface area (Å²) in [6, 6.07) is 10.9. The lowest BCUT2D eigenvalue weighted by Gasteiger charge is -2.38. The second kappa shape index (κ2) is 6.27. The van der Waals surface area contributed by atoms with Gasteiger partial charge in [-0.3, -0.25) is 4.90 Å². The molecule has 1 aromatic carbocycles. The van der Waals surface area contributed by atoms with Crippen molar-refractivity contribution < 1.29 is 0 Å². The maximum absolute atomic E-state index is 5.76. The Morgan fingerprint density at radius 2 is 1.83 bits per heavy atom. The third kappa shape index (κ3) is 3.51. The van der Waals surface area contributed by atoms with E-state index in [9.17, 15) is 0 Å². The predicted molar refractivity (Wildman–Crippen MR) is 79.7 cm³/mol. The van der Waals surface area contributed by atoms with Crippen LogP contribution in [-0.4, -0.2) is 48.0 Å². The Hall–Kier alpha value is -0.970.